The van der Waals surface area contributed by atoms with Crippen LogP contribution < -0.4 is 0 Å². The van der Waals surface area contributed by atoms with Crippen LogP contribution in [0.4, 0.5) is 0 Å². The van der Waals surface area contributed by atoms with E-state index in [9.17, 15) is 9.59 Å². The summed E-state index contributed by atoms with van der Waals surface area (Å²) in [5.41, 5.74) is 2.03. The largest absolute Gasteiger partial charge is 0.457 e. The Kier molecular flexibility index (Phi) is 8.63. The summed E-state index contributed by atoms with van der Waals surface area (Å²) >= 11 is 0. The number of benzene rings is 2. The second-order valence-electron chi connectivity index (χ2n) is 7.01. The summed E-state index contributed by atoms with van der Waals surface area (Å²) in [6.45, 7) is 8.06. The standard InChI is InChI=1S/C24H28O4/c1-4-21(17-27-16-20-13-9-6-10-14-20)22(15-19-11-7-5-8-12-19)23(25)24(26)28-18(2)3/h4-14,18,21-22H,1,15-17H2,2-3H3/t21-,22-/m0/s1. The van der Waals surface area contributed by atoms with Crippen molar-refractivity contribution in [1.82, 2.24) is 0 Å². The average molecular weight is 380 g/mol. The predicted molar refractivity (Wildman–Crippen MR) is 110 cm³/mol. The molecule has 0 bridgehead atoms. The molecule has 0 aromatic heterocycles. The Morgan fingerprint density at radius 3 is 2.07 bits per heavy atom. The predicted octanol–water partition coefficient (Wildman–Crippen LogP) is 4.39. The van der Waals surface area contributed by atoms with Crippen LogP contribution in [0.1, 0.15) is 25.0 Å². The first-order valence-corrected chi connectivity index (χ1v) is 9.54. The van der Waals surface area contributed by atoms with Crippen molar-refractivity contribution in [1.29, 1.82) is 0 Å². The van der Waals surface area contributed by atoms with Gasteiger partial charge in [-0.1, -0.05) is 66.7 Å². The SMILES string of the molecule is C=C[C@@H](COCc1ccccc1)[C@H](Cc1ccccc1)C(=O)C(=O)OC(C)C. The summed E-state index contributed by atoms with van der Waals surface area (Å²) < 4.78 is 11.0. The zero-order valence-electron chi connectivity index (χ0n) is 16.5. The number of ketones is 1. The molecule has 0 fully saturated rings. The fourth-order valence-electron chi connectivity index (χ4n) is 2.97. The number of ether oxygens (including phenoxy) is 2. The van der Waals surface area contributed by atoms with Crippen molar-refractivity contribution >= 4 is 11.8 Å². The second kappa shape index (κ2) is 11.2. The maximum atomic E-state index is 12.8. The van der Waals surface area contributed by atoms with Gasteiger partial charge in [-0.3, -0.25) is 4.79 Å². The minimum atomic E-state index is -0.800. The van der Waals surface area contributed by atoms with E-state index >= 15 is 0 Å². The lowest BCUT2D eigenvalue weighted by atomic mass is 9.84. The summed E-state index contributed by atoms with van der Waals surface area (Å²) in [5.74, 6) is -2.21. The monoisotopic (exact) mass is 380 g/mol. The Morgan fingerprint density at radius 2 is 1.54 bits per heavy atom. The first-order chi connectivity index (χ1) is 13.5. The summed E-state index contributed by atoms with van der Waals surface area (Å²) in [6, 6.07) is 19.5. The van der Waals surface area contributed by atoms with Crippen LogP contribution in [0.2, 0.25) is 0 Å². The normalized spacial score (nSPS) is 13.0. The van der Waals surface area contributed by atoms with Crippen LogP contribution in [-0.2, 0) is 32.1 Å². The number of hydrogen-bond acceptors (Lipinski definition) is 4. The number of esters is 1. The number of rotatable bonds is 11. The van der Waals surface area contributed by atoms with Gasteiger partial charge in [-0.2, -0.15) is 0 Å². The van der Waals surface area contributed by atoms with Gasteiger partial charge in [-0.15, -0.1) is 6.58 Å². The smallest absolute Gasteiger partial charge is 0.375 e. The molecule has 4 nitrogen and oxygen atoms in total. The topological polar surface area (TPSA) is 52.6 Å². The third-order valence-electron chi connectivity index (χ3n) is 4.42. The van der Waals surface area contributed by atoms with Gasteiger partial charge in [0.05, 0.1) is 19.3 Å². The molecule has 2 aromatic carbocycles. The van der Waals surface area contributed by atoms with Crippen LogP contribution in [0.5, 0.6) is 0 Å². The van der Waals surface area contributed by atoms with Crippen molar-refractivity contribution in [3.63, 3.8) is 0 Å². The van der Waals surface area contributed by atoms with E-state index in [0.717, 1.165) is 11.1 Å². The quantitative estimate of drug-likeness (QED) is 0.330. The molecule has 28 heavy (non-hydrogen) atoms. The van der Waals surface area contributed by atoms with Gasteiger partial charge < -0.3 is 9.47 Å². The summed E-state index contributed by atoms with van der Waals surface area (Å²) in [7, 11) is 0. The average Bonchev–Trinajstić information content (AvgIpc) is 2.70. The van der Waals surface area contributed by atoms with Gasteiger partial charge in [0.25, 0.3) is 0 Å². The molecule has 0 heterocycles. The molecule has 0 saturated heterocycles. The third kappa shape index (κ3) is 6.78. The molecule has 2 aromatic rings. The van der Waals surface area contributed by atoms with Gasteiger partial charge in [0.15, 0.2) is 0 Å². The number of hydrogen-bond donors (Lipinski definition) is 0. The van der Waals surface area contributed by atoms with Crippen LogP contribution in [0.15, 0.2) is 73.3 Å². The molecule has 2 rings (SSSR count). The van der Waals surface area contributed by atoms with Gasteiger partial charge in [0.1, 0.15) is 0 Å². The van der Waals surface area contributed by atoms with Gasteiger partial charge in [-0.25, -0.2) is 4.79 Å². The molecule has 148 valence electrons. The van der Waals surface area contributed by atoms with E-state index in [1.165, 1.54) is 0 Å². The van der Waals surface area contributed by atoms with E-state index < -0.39 is 17.7 Å². The van der Waals surface area contributed by atoms with Crippen LogP contribution in [0.3, 0.4) is 0 Å². The molecule has 0 aliphatic carbocycles. The van der Waals surface area contributed by atoms with E-state index in [1.807, 2.05) is 60.7 Å². The first kappa shape index (κ1) is 21.6. The van der Waals surface area contributed by atoms with Crippen LogP contribution in [0, 0.1) is 11.8 Å². The molecule has 0 N–H and O–H groups in total. The molecule has 0 unspecified atom stereocenters. The maximum Gasteiger partial charge on any atom is 0.375 e. The highest BCUT2D eigenvalue weighted by Crippen LogP contribution is 2.22. The van der Waals surface area contributed by atoms with Crippen LogP contribution in [0.25, 0.3) is 0 Å². The highest BCUT2D eigenvalue weighted by Gasteiger charge is 2.33. The summed E-state index contributed by atoms with van der Waals surface area (Å²) in [5, 5.41) is 0. The third-order valence-corrected chi connectivity index (χ3v) is 4.42. The highest BCUT2D eigenvalue weighted by molar-refractivity contribution is 6.34. The fraction of sp³-hybridized carbons (Fsp3) is 0.333. The van der Waals surface area contributed by atoms with Gasteiger partial charge in [-0.05, 0) is 31.4 Å². The molecule has 2 atom stereocenters. The van der Waals surface area contributed by atoms with E-state index in [0.29, 0.717) is 19.6 Å². The van der Waals surface area contributed by atoms with Crippen LogP contribution >= 0.6 is 0 Å². The minimum absolute atomic E-state index is 0.295. The lowest BCUT2D eigenvalue weighted by molar-refractivity contribution is -0.159. The molecule has 0 saturated carbocycles. The minimum Gasteiger partial charge on any atom is -0.457 e. The molecule has 0 aliphatic rings. The van der Waals surface area contributed by atoms with Gasteiger partial charge >= 0.3 is 5.97 Å². The number of carbonyl (C=O) groups is 2. The maximum absolute atomic E-state index is 12.8. The van der Waals surface area contributed by atoms with Crippen molar-refractivity contribution in [3.8, 4) is 0 Å². The molecular weight excluding hydrogens is 352 g/mol. The van der Waals surface area contributed by atoms with Crippen LogP contribution in [-0.4, -0.2) is 24.5 Å². The Balaban J connectivity index is 2.10. The molecule has 4 heteroatoms. The fourth-order valence-corrected chi connectivity index (χ4v) is 2.97. The van der Waals surface area contributed by atoms with E-state index in [1.54, 1.807) is 19.9 Å². The molecular formula is C24H28O4. The summed E-state index contributed by atoms with van der Waals surface area (Å²) in [4.78, 5) is 25.1. The lowest BCUT2D eigenvalue weighted by Crippen LogP contribution is -2.35. The molecule has 0 aliphatic heterocycles. The van der Waals surface area contributed by atoms with E-state index in [4.69, 9.17) is 9.47 Å². The molecule has 0 radical (unpaired) electrons. The van der Waals surface area contributed by atoms with Crippen molar-refractivity contribution in [2.75, 3.05) is 6.61 Å². The van der Waals surface area contributed by atoms with Crippen molar-refractivity contribution in [2.24, 2.45) is 11.8 Å². The highest BCUT2D eigenvalue weighted by atomic mass is 16.5. The molecule has 0 amide bonds. The first-order valence-electron chi connectivity index (χ1n) is 9.54. The van der Waals surface area contributed by atoms with Gasteiger partial charge in [0, 0.05) is 11.8 Å². The van der Waals surface area contributed by atoms with Crippen molar-refractivity contribution in [2.45, 2.75) is 33.0 Å². The Bertz CT molecular complexity index is 753. The number of carbonyl (C=O) groups excluding carboxylic acids is 2. The second-order valence-corrected chi connectivity index (χ2v) is 7.01. The van der Waals surface area contributed by atoms with Crippen molar-refractivity contribution < 1.29 is 19.1 Å². The van der Waals surface area contributed by atoms with E-state index in [-0.39, 0.29) is 12.0 Å². The lowest BCUT2D eigenvalue weighted by Gasteiger charge is -2.23. The summed E-state index contributed by atoms with van der Waals surface area (Å²) in [6.07, 6.45) is 1.78. The van der Waals surface area contributed by atoms with Crippen molar-refractivity contribution in [3.05, 3.63) is 84.4 Å². The number of Topliss-reactive ketones (excluding diaryl/α,β-unsaturated/α-hetero) is 1. The Labute approximate surface area is 167 Å². The molecule has 0 spiro atoms. The van der Waals surface area contributed by atoms with E-state index in [2.05, 4.69) is 6.58 Å². The zero-order chi connectivity index (χ0) is 20.4. The van der Waals surface area contributed by atoms with Gasteiger partial charge in [0.2, 0.25) is 5.78 Å². The Morgan fingerprint density at radius 1 is 0.964 bits per heavy atom. The Hall–Kier alpha value is -2.72. The zero-order valence-corrected chi connectivity index (χ0v) is 16.5.